The molecule has 8 heteroatoms. The summed E-state index contributed by atoms with van der Waals surface area (Å²) in [5.74, 6) is 1.55. The molecule has 2 aromatic carbocycles. The van der Waals surface area contributed by atoms with Gasteiger partial charge >= 0.3 is 0 Å². The Bertz CT molecular complexity index is 1010. The van der Waals surface area contributed by atoms with E-state index in [0.29, 0.717) is 6.04 Å². The standard InChI is InChI=1S/C24H29FN6O/c1-32-22-12-6-18(7-13-22)23(24-26-27-28-31(24)21-4-2-3-5-21)30-16-14-29(15-17-30)20-10-8-19(25)9-11-20/h6-13,21,23H,2-5,14-17H2,1H3. The zero-order valence-electron chi connectivity index (χ0n) is 18.4. The van der Waals surface area contributed by atoms with Crippen LogP contribution in [0.25, 0.3) is 0 Å². The lowest BCUT2D eigenvalue weighted by atomic mass is 10.0. The molecule has 1 saturated carbocycles. The van der Waals surface area contributed by atoms with Gasteiger partial charge in [0, 0.05) is 31.9 Å². The van der Waals surface area contributed by atoms with Crippen LogP contribution in [0.2, 0.25) is 0 Å². The zero-order valence-corrected chi connectivity index (χ0v) is 18.4. The maximum absolute atomic E-state index is 13.3. The van der Waals surface area contributed by atoms with Crippen LogP contribution >= 0.6 is 0 Å². The van der Waals surface area contributed by atoms with E-state index >= 15 is 0 Å². The highest BCUT2D eigenvalue weighted by molar-refractivity contribution is 5.46. The number of hydrogen-bond acceptors (Lipinski definition) is 6. The quantitative estimate of drug-likeness (QED) is 0.585. The predicted octanol–water partition coefficient (Wildman–Crippen LogP) is 3.85. The number of hydrogen-bond donors (Lipinski definition) is 0. The van der Waals surface area contributed by atoms with Crippen LogP contribution in [0, 0.1) is 5.82 Å². The van der Waals surface area contributed by atoms with Crippen LogP contribution in [0.3, 0.4) is 0 Å². The van der Waals surface area contributed by atoms with Crippen LogP contribution in [-0.4, -0.2) is 58.4 Å². The smallest absolute Gasteiger partial charge is 0.173 e. The topological polar surface area (TPSA) is 59.3 Å². The molecule has 1 saturated heterocycles. The van der Waals surface area contributed by atoms with E-state index in [0.717, 1.165) is 61.8 Å². The molecule has 2 fully saturated rings. The van der Waals surface area contributed by atoms with Crippen molar-refractivity contribution in [2.75, 3.05) is 38.2 Å². The number of nitrogens with zero attached hydrogens (tertiary/aromatic N) is 6. The minimum absolute atomic E-state index is 0.0214. The molecule has 3 aromatic rings. The first kappa shape index (κ1) is 20.9. The maximum atomic E-state index is 13.3. The van der Waals surface area contributed by atoms with Crippen molar-refractivity contribution in [1.82, 2.24) is 25.1 Å². The SMILES string of the molecule is COc1ccc(C(c2nnnn2C2CCCC2)N2CCN(c3ccc(F)cc3)CC2)cc1. The molecule has 1 aromatic heterocycles. The molecule has 2 aliphatic rings. The van der Waals surface area contributed by atoms with Crippen molar-refractivity contribution in [2.45, 2.75) is 37.8 Å². The molecule has 0 bridgehead atoms. The minimum Gasteiger partial charge on any atom is -0.497 e. The van der Waals surface area contributed by atoms with Crippen LogP contribution in [-0.2, 0) is 0 Å². The molecular weight excluding hydrogens is 407 g/mol. The summed E-state index contributed by atoms with van der Waals surface area (Å²) in [5.41, 5.74) is 2.22. The fourth-order valence-electron chi connectivity index (χ4n) is 4.99. The molecule has 168 valence electrons. The van der Waals surface area contributed by atoms with E-state index in [2.05, 4.69) is 42.1 Å². The third kappa shape index (κ3) is 4.19. The summed E-state index contributed by atoms with van der Waals surface area (Å²) in [4.78, 5) is 4.76. The summed E-state index contributed by atoms with van der Waals surface area (Å²) < 4.78 is 20.8. The first-order chi connectivity index (χ1) is 15.7. The van der Waals surface area contributed by atoms with Gasteiger partial charge in [-0.1, -0.05) is 25.0 Å². The van der Waals surface area contributed by atoms with E-state index in [1.54, 1.807) is 7.11 Å². The highest BCUT2D eigenvalue weighted by atomic mass is 19.1. The molecule has 2 heterocycles. The van der Waals surface area contributed by atoms with Crippen LogP contribution in [0.4, 0.5) is 10.1 Å². The number of rotatable bonds is 6. The van der Waals surface area contributed by atoms with Gasteiger partial charge in [0.25, 0.3) is 0 Å². The molecule has 0 amide bonds. The number of piperazine rings is 1. The Labute approximate surface area is 187 Å². The Balaban J connectivity index is 1.42. The minimum atomic E-state index is -0.203. The summed E-state index contributed by atoms with van der Waals surface area (Å²) in [6.07, 6.45) is 4.72. The van der Waals surface area contributed by atoms with Crippen LogP contribution in [0.5, 0.6) is 5.75 Å². The van der Waals surface area contributed by atoms with E-state index in [1.165, 1.54) is 25.0 Å². The molecule has 0 radical (unpaired) electrons. The number of halogens is 1. The van der Waals surface area contributed by atoms with E-state index in [9.17, 15) is 4.39 Å². The van der Waals surface area contributed by atoms with Crippen molar-refractivity contribution in [3.05, 3.63) is 65.7 Å². The van der Waals surface area contributed by atoms with Gasteiger partial charge in [-0.05, 0) is 65.2 Å². The maximum Gasteiger partial charge on any atom is 0.173 e. The number of ether oxygens (including phenoxy) is 1. The third-order valence-electron chi connectivity index (χ3n) is 6.74. The zero-order chi connectivity index (χ0) is 21.9. The van der Waals surface area contributed by atoms with Crippen molar-refractivity contribution < 1.29 is 9.13 Å². The molecule has 1 aliphatic heterocycles. The average Bonchev–Trinajstić information content (AvgIpc) is 3.53. The number of benzene rings is 2. The van der Waals surface area contributed by atoms with Crippen LogP contribution in [0.1, 0.15) is 49.2 Å². The molecule has 7 nitrogen and oxygen atoms in total. The Morgan fingerprint density at radius 3 is 2.28 bits per heavy atom. The second-order valence-electron chi connectivity index (χ2n) is 8.60. The number of tetrazole rings is 1. The van der Waals surface area contributed by atoms with E-state index < -0.39 is 0 Å². The van der Waals surface area contributed by atoms with E-state index in [1.807, 2.05) is 24.3 Å². The Kier molecular flexibility index (Phi) is 6.03. The third-order valence-corrected chi connectivity index (χ3v) is 6.74. The van der Waals surface area contributed by atoms with Crippen molar-refractivity contribution in [3.63, 3.8) is 0 Å². The first-order valence-corrected chi connectivity index (χ1v) is 11.4. The van der Waals surface area contributed by atoms with Gasteiger partial charge < -0.3 is 9.64 Å². The van der Waals surface area contributed by atoms with Gasteiger partial charge in [-0.25, -0.2) is 9.07 Å². The largest absolute Gasteiger partial charge is 0.497 e. The lowest BCUT2D eigenvalue weighted by Crippen LogP contribution is -2.48. The molecule has 0 N–H and O–H groups in total. The van der Waals surface area contributed by atoms with Crippen LogP contribution in [0.15, 0.2) is 48.5 Å². The molecule has 5 rings (SSSR count). The molecular formula is C24H29FN6O. The number of anilines is 1. The highest BCUT2D eigenvalue weighted by Crippen LogP contribution is 2.35. The molecule has 0 spiro atoms. The molecule has 1 atom stereocenters. The second kappa shape index (κ2) is 9.24. The fraction of sp³-hybridized carbons (Fsp3) is 0.458. The summed E-state index contributed by atoms with van der Waals surface area (Å²) in [6, 6.07) is 15.3. The summed E-state index contributed by atoms with van der Waals surface area (Å²) in [7, 11) is 1.68. The number of aromatic nitrogens is 4. The summed E-state index contributed by atoms with van der Waals surface area (Å²) >= 11 is 0. The fourth-order valence-corrected chi connectivity index (χ4v) is 4.99. The summed E-state index contributed by atoms with van der Waals surface area (Å²) in [6.45, 7) is 3.46. The molecule has 32 heavy (non-hydrogen) atoms. The van der Waals surface area contributed by atoms with Gasteiger partial charge in [0.2, 0.25) is 0 Å². The van der Waals surface area contributed by atoms with Gasteiger partial charge in [-0.2, -0.15) is 0 Å². The van der Waals surface area contributed by atoms with E-state index in [4.69, 9.17) is 4.74 Å². The van der Waals surface area contributed by atoms with Gasteiger partial charge in [0.05, 0.1) is 19.2 Å². The van der Waals surface area contributed by atoms with Crippen molar-refractivity contribution in [1.29, 1.82) is 0 Å². The normalized spacial score (nSPS) is 18.8. The van der Waals surface area contributed by atoms with Crippen LogP contribution < -0.4 is 9.64 Å². The van der Waals surface area contributed by atoms with Crippen molar-refractivity contribution in [3.8, 4) is 5.75 Å². The predicted molar refractivity (Wildman–Crippen MR) is 120 cm³/mol. The lowest BCUT2D eigenvalue weighted by Gasteiger charge is -2.40. The highest BCUT2D eigenvalue weighted by Gasteiger charge is 2.33. The van der Waals surface area contributed by atoms with Gasteiger partial charge in [0.15, 0.2) is 5.82 Å². The lowest BCUT2D eigenvalue weighted by molar-refractivity contribution is 0.197. The van der Waals surface area contributed by atoms with Crippen molar-refractivity contribution >= 4 is 5.69 Å². The molecule has 1 aliphatic carbocycles. The van der Waals surface area contributed by atoms with E-state index in [-0.39, 0.29) is 11.9 Å². The number of methoxy groups -OCH3 is 1. The second-order valence-corrected chi connectivity index (χ2v) is 8.60. The van der Waals surface area contributed by atoms with Gasteiger partial charge in [0.1, 0.15) is 11.6 Å². The summed E-state index contributed by atoms with van der Waals surface area (Å²) in [5, 5.41) is 13.0. The Hall–Kier alpha value is -3.00. The molecule has 1 unspecified atom stereocenters. The monoisotopic (exact) mass is 436 g/mol. The average molecular weight is 437 g/mol. The van der Waals surface area contributed by atoms with Crippen molar-refractivity contribution in [2.24, 2.45) is 0 Å². The Morgan fingerprint density at radius 2 is 1.62 bits per heavy atom. The first-order valence-electron chi connectivity index (χ1n) is 11.4. The Morgan fingerprint density at radius 1 is 0.938 bits per heavy atom. The van der Waals surface area contributed by atoms with Gasteiger partial charge in [-0.15, -0.1) is 5.10 Å². The van der Waals surface area contributed by atoms with Gasteiger partial charge in [-0.3, -0.25) is 4.90 Å².